The number of carbonyl (C=O) groups is 2. The molecule has 0 spiro atoms. The molecule has 1 fully saturated rings. The van der Waals surface area contributed by atoms with Crippen molar-refractivity contribution in [1.82, 2.24) is 0 Å². The second kappa shape index (κ2) is 7.79. The van der Waals surface area contributed by atoms with Gasteiger partial charge in [0, 0.05) is 0 Å². The van der Waals surface area contributed by atoms with Gasteiger partial charge in [-0.05, 0) is 57.6 Å². The van der Waals surface area contributed by atoms with Gasteiger partial charge in [0.15, 0.2) is 0 Å². The summed E-state index contributed by atoms with van der Waals surface area (Å²) in [4.78, 5) is 23.7. The average molecular weight is 334 g/mol. The molecule has 0 amide bonds. The van der Waals surface area contributed by atoms with Gasteiger partial charge >= 0.3 is 11.9 Å². The van der Waals surface area contributed by atoms with E-state index in [4.69, 9.17) is 9.47 Å². The third-order valence-electron chi connectivity index (χ3n) is 4.20. The SMILES string of the molecule is CC(C)(C)OC(=O)C[C@@H](O)C1CCC1COC(=O)c1ccccc1. The maximum Gasteiger partial charge on any atom is 0.338 e. The highest BCUT2D eigenvalue weighted by molar-refractivity contribution is 5.89. The summed E-state index contributed by atoms with van der Waals surface area (Å²) in [6.07, 6.45) is 0.940. The second-order valence-electron chi connectivity index (χ2n) is 7.32. The van der Waals surface area contributed by atoms with Crippen LogP contribution < -0.4 is 0 Å². The van der Waals surface area contributed by atoms with Crippen LogP contribution >= 0.6 is 0 Å². The number of carbonyl (C=O) groups excluding carboxylic acids is 2. The standard InChI is InChI=1S/C19H26O5/c1-19(2,3)24-17(21)11-16(20)15-10-9-14(15)12-23-18(22)13-7-5-4-6-8-13/h4-8,14-16,20H,9-12H2,1-3H3/t14?,15?,16-/m1/s1. The Balaban J connectivity index is 1.77. The number of aliphatic hydroxyl groups excluding tert-OH is 1. The van der Waals surface area contributed by atoms with E-state index < -0.39 is 17.7 Å². The Morgan fingerprint density at radius 3 is 2.42 bits per heavy atom. The molecule has 2 rings (SSSR count). The van der Waals surface area contributed by atoms with Crippen LogP contribution in [0.3, 0.4) is 0 Å². The Hall–Kier alpha value is -1.88. The van der Waals surface area contributed by atoms with E-state index in [2.05, 4.69) is 0 Å². The molecule has 1 aromatic carbocycles. The molecule has 1 aliphatic rings. The van der Waals surface area contributed by atoms with E-state index in [-0.39, 0.29) is 30.8 Å². The van der Waals surface area contributed by atoms with Crippen LogP contribution in [0.25, 0.3) is 0 Å². The van der Waals surface area contributed by atoms with Crippen LogP contribution in [0, 0.1) is 11.8 Å². The van der Waals surface area contributed by atoms with E-state index in [0.29, 0.717) is 5.56 Å². The lowest BCUT2D eigenvalue weighted by Crippen LogP contribution is -2.40. The summed E-state index contributed by atoms with van der Waals surface area (Å²) < 4.78 is 10.6. The second-order valence-corrected chi connectivity index (χ2v) is 7.32. The number of aliphatic hydroxyl groups is 1. The van der Waals surface area contributed by atoms with E-state index in [1.807, 2.05) is 6.07 Å². The minimum absolute atomic E-state index is 0.0227. The van der Waals surface area contributed by atoms with Crippen molar-refractivity contribution < 1.29 is 24.2 Å². The molecule has 2 unspecified atom stereocenters. The molecular weight excluding hydrogens is 308 g/mol. The zero-order valence-electron chi connectivity index (χ0n) is 14.5. The Kier molecular flexibility index (Phi) is 5.99. The maximum atomic E-state index is 11.9. The summed E-state index contributed by atoms with van der Waals surface area (Å²) in [6.45, 7) is 5.66. The lowest BCUT2D eigenvalue weighted by atomic mass is 9.70. The van der Waals surface area contributed by atoms with E-state index in [9.17, 15) is 14.7 Å². The van der Waals surface area contributed by atoms with Crippen LogP contribution in [0.1, 0.15) is 50.4 Å². The fourth-order valence-electron chi connectivity index (χ4n) is 2.85. The number of hydrogen-bond acceptors (Lipinski definition) is 5. The van der Waals surface area contributed by atoms with Crippen LogP contribution in [0.4, 0.5) is 0 Å². The van der Waals surface area contributed by atoms with E-state index in [1.165, 1.54) is 0 Å². The van der Waals surface area contributed by atoms with Crippen molar-refractivity contribution >= 4 is 11.9 Å². The lowest BCUT2D eigenvalue weighted by molar-refractivity contribution is -0.159. The van der Waals surface area contributed by atoms with Crippen LogP contribution in [-0.4, -0.2) is 35.4 Å². The normalized spacial score (nSPS) is 21.5. The molecule has 1 aliphatic carbocycles. The van der Waals surface area contributed by atoms with Crippen molar-refractivity contribution in [3.05, 3.63) is 35.9 Å². The fourth-order valence-corrected chi connectivity index (χ4v) is 2.85. The summed E-state index contributed by atoms with van der Waals surface area (Å²) in [5, 5.41) is 10.2. The Bertz CT molecular complexity index is 561. The molecule has 0 aliphatic heterocycles. The first kappa shape index (κ1) is 18.5. The maximum absolute atomic E-state index is 11.9. The Morgan fingerprint density at radius 1 is 1.21 bits per heavy atom. The van der Waals surface area contributed by atoms with Gasteiger partial charge in [-0.15, -0.1) is 0 Å². The molecular formula is C19H26O5. The van der Waals surface area contributed by atoms with Gasteiger partial charge in [0.25, 0.3) is 0 Å². The predicted octanol–water partition coefficient (Wildman–Crippen LogP) is 2.96. The summed E-state index contributed by atoms with van der Waals surface area (Å²) in [5.74, 6) is -0.694. The average Bonchev–Trinajstić information content (AvgIpc) is 2.44. The highest BCUT2D eigenvalue weighted by Gasteiger charge is 2.38. The highest BCUT2D eigenvalue weighted by atomic mass is 16.6. The molecule has 3 atom stereocenters. The largest absolute Gasteiger partial charge is 0.462 e. The molecule has 0 aromatic heterocycles. The van der Waals surface area contributed by atoms with Crippen LogP contribution in [0.5, 0.6) is 0 Å². The Morgan fingerprint density at radius 2 is 1.88 bits per heavy atom. The molecule has 0 saturated heterocycles. The number of ether oxygens (including phenoxy) is 2. The number of benzene rings is 1. The van der Waals surface area contributed by atoms with E-state index >= 15 is 0 Å². The molecule has 132 valence electrons. The Labute approximate surface area is 143 Å². The van der Waals surface area contributed by atoms with E-state index in [0.717, 1.165) is 12.8 Å². The molecule has 5 heteroatoms. The van der Waals surface area contributed by atoms with Gasteiger partial charge in [-0.2, -0.15) is 0 Å². The van der Waals surface area contributed by atoms with Crippen molar-refractivity contribution in [3.63, 3.8) is 0 Å². The number of rotatable bonds is 6. The van der Waals surface area contributed by atoms with Gasteiger partial charge in [0.1, 0.15) is 5.60 Å². The third kappa shape index (κ3) is 5.34. The van der Waals surface area contributed by atoms with Crippen LogP contribution in [-0.2, 0) is 14.3 Å². The summed E-state index contributed by atoms with van der Waals surface area (Å²) in [7, 11) is 0. The first-order chi connectivity index (χ1) is 11.3. The molecule has 0 heterocycles. The summed E-state index contributed by atoms with van der Waals surface area (Å²) in [5.41, 5.74) is -0.0382. The van der Waals surface area contributed by atoms with Crippen molar-refractivity contribution in [2.45, 2.75) is 51.7 Å². The predicted molar refractivity (Wildman–Crippen MR) is 89.4 cm³/mol. The molecule has 0 radical (unpaired) electrons. The van der Waals surface area contributed by atoms with Crippen molar-refractivity contribution in [2.24, 2.45) is 11.8 Å². The van der Waals surface area contributed by atoms with Gasteiger partial charge < -0.3 is 14.6 Å². The summed E-state index contributed by atoms with van der Waals surface area (Å²) >= 11 is 0. The van der Waals surface area contributed by atoms with Crippen molar-refractivity contribution in [3.8, 4) is 0 Å². The molecule has 1 aromatic rings. The minimum atomic E-state index is -0.756. The van der Waals surface area contributed by atoms with Gasteiger partial charge in [0.05, 0.1) is 24.7 Å². The van der Waals surface area contributed by atoms with Crippen LogP contribution in [0.2, 0.25) is 0 Å². The van der Waals surface area contributed by atoms with Gasteiger partial charge in [-0.3, -0.25) is 4.79 Å². The van der Waals surface area contributed by atoms with Crippen LogP contribution in [0.15, 0.2) is 30.3 Å². The molecule has 1 saturated carbocycles. The van der Waals surface area contributed by atoms with Gasteiger partial charge in [-0.1, -0.05) is 18.2 Å². The van der Waals surface area contributed by atoms with E-state index in [1.54, 1.807) is 45.0 Å². The minimum Gasteiger partial charge on any atom is -0.462 e. The first-order valence-corrected chi connectivity index (χ1v) is 8.38. The summed E-state index contributed by atoms with van der Waals surface area (Å²) in [6, 6.07) is 8.82. The fraction of sp³-hybridized carbons (Fsp3) is 0.579. The number of esters is 2. The first-order valence-electron chi connectivity index (χ1n) is 8.38. The van der Waals surface area contributed by atoms with Crippen molar-refractivity contribution in [1.29, 1.82) is 0 Å². The lowest BCUT2D eigenvalue weighted by Gasteiger charge is -2.39. The highest BCUT2D eigenvalue weighted by Crippen LogP contribution is 2.38. The zero-order chi connectivity index (χ0) is 17.7. The molecule has 5 nitrogen and oxygen atoms in total. The zero-order valence-corrected chi connectivity index (χ0v) is 14.5. The number of hydrogen-bond donors (Lipinski definition) is 1. The van der Waals surface area contributed by atoms with Gasteiger partial charge in [0.2, 0.25) is 0 Å². The smallest absolute Gasteiger partial charge is 0.338 e. The van der Waals surface area contributed by atoms with Crippen molar-refractivity contribution in [2.75, 3.05) is 6.61 Å². The topological polar surface area (TPSA) is 72.8 Å². The monoisotopic (exact) mass is 334 g/mol. The quantitative estimate of drug-likeness (QED) is 0.810. The molecule has 0 bridgehead atoms. The molecule has 24 heavy (non-hydrogen) atoms. The molecule has 1 N–H and O–H groups in total. The van der Waals surface area contributed by atoms with Gasteiger partial charge in [-0.25, -0.2) is 4.79 Å². The third-order valence-corrected chi connectivity index (χ3v) is 4.20.